The number of likely N-dealkylation sites (N-methyl/N-ethyl adjacent to an activating group) is 1. The molecular formula is C25H31N5O2. The Hall–Kier alpha value is -3.03. The third kappa shape index (κ3) is 4.89. The first-order valence-corrected chi connectivity index (χ1v) is 11.2. The first-order valence-electron chi connectivity index (χ1n) is 11.2. The van der Waals surface area contributed by atoms with E-state index in [1.807, 2.05) is 73.5 Å². The molecule has 1 aliphatic heterocycles. The minimum Gasteiger partial charge on any atom is -0.338 e. The minimum absolute atomic E-state index is 0.167. The standard InChI is InChI=1S/C25H31N5O2/c1-4-28(3)23(20-11-6-5-7-12-20)25(31)30-16-14-29(15-17-30)18-22-26-24(27-32-22)21-13-9-8-10-19(21)2/h5-13,23H,4,14-18H2,1-3H3. The molecule has 0 bridgehead atoms. The molecule has 32 heavy (non-hydrogen) atoms. The molecule has 0 aliphatic carbocycles. The Morgan fingerprint density at radius 3 is 2.44 bits per heavy atom. The summed E-state index contributed by atoms with van der Waals surface area (Å²) in [6.45, 7) is 8.48. The molecule has 3 aromatic rings. The van der Waals surface area contributed by atoms with Crippen LogP contribution < -0.4 is 0 Å². The molecule has 2 aromatic carbocycles. The van der Waals surface area contributed by atoms with Crippen LogP contribution in [0.1, 0.15) is 30.0 Å². The van der Waals surface area contributed by atoms with E-state index in [0.29, 0.717) is 31.3 Å². The van der Waals surface area contributed by atoms with Crippen molar-refractivity contribution in [3.05, 3.63) is 71.6 Å². The van der Waals surface area contributed by atoms with Gasteiger partial charge in [0.2, 0.25) is 17.6 Å². The second-order valence-electron chi connectivity index (χ2n) is 8.31. The maximum Gasteiger partial charge on any atom is 0.244 e. The summed E-state index contributed by atoms with van der Waals surface area (Å²) in [5.74, 6) is 1.40. The largest absolute Gasteiger partial charge is 0.338 e. The van der Waals surface area contributed by atoms with Gasteiger partial charge in [0, 0.05) is 31.7 Å². The number of carbonyl (C=O) groups is 1. The van der Waals surface area contributed by atoms with E-state index >= 15 is 0 Å². The van der Waals surface area contributed by atoms with Gasteiger partial charge < -0.3 is 9.42 Å². The molecule has 0 saturated carbocycles. The van der Waals surface area contributed by atoms with Crippen LogP contribution in [0.3, 0.4) is 0 Å². The van der Waals surface area contributed by atoms with Crippen LogP contribution in [-0.4, -0.2) is 70.5 Å². The van der Waals surface area contributed by atoms with Crippen molar-refractivity contribution in [2.45, 2.75) is 26.4 Å². The third-order valence-corrected chi connectivity index (χ3v) is 6.19. The van der Waals surface area contributed by atoms with E-state index in [2.05, 4.69) is 26.9 Å². The van der Waals surface area contributed by atoms with E-state index < -0.39 is 0 Å². The monoisotopic (exact) mass is 433 g/mol. The number of hydrogen-bond acceptors (Lipinski definition) is 6. The predicted molar refractivity (Wildman–Crippen MR) is 124 cm³/mol. The van der Waals surface area contributed by atoms with Crippen LogP contribution in [0.5, 0.6) is 0 Å². The van der Waals surface area contributed by atoms with E-state index in [-0.39, 0.29) is 11.9 Å². The van der Waals surface area contributed by atoms with Crippen molar-refractivity contribution in [1.29, 1.82) is 0 Å². The summed E-state index contributed by atoms with van der Waals surface area (Å²) in [6, 6.07) is 17.8. The predicted octanol–water partition coefficient (Wildman–Crippen LogP) is 3.38. The Morgan fingerprint density at radius 1 is 1.06 bits per heavy atom. The van der Waals surface area contributed by atoms with Crippen molar-refractivity contribution in [2.24, 2.45) is 0 Å². The number of rotatable bonds is 7. The zero-order chi connectivity index (χ0) is 22.5. The summed E-state index contributed by atoms with van der Waals surface area (Å²) in [5.41, 5.74) is 3.15. The number of aromatic nitrogens is 2. The second kappa shape index (κ2) is 10.1. The molecule has 1 saturated heterocycles. The van der Waals surface area contributed by atoms with Gasteiger partial charge in [0.25, 0.3) is 0 Å². The van der Waals surface area contributed by atoms with E-state index in [9.17, 15) is 4.79 Å². The molecule has 2 heterocycles. The molecular weight excluding hydrogens is 402 g/mol. The Kier molecular flexibility index (Phi) is 6.97. The van der Waals surface area contributed by atoms with Crippen LogP contribution in [0, 0.1) is 6.92 Å². The van der Waals surface area contributed by atoms with Crippen molar-refractivity contribution >= 4 is 5.91 Å². The van der Waals surface area contributed by atoms with Crippen molar-refractivity contribution in [1.82, 2.24) is 24.8 Å². The highest BCUT2D eigenvalue weighted by molar-refractivity contribution is 5.83. The summed E-state index contributed by atoms with van der Waals surface area (Å²) in [7, 11) is 2.01. The first kappa shape index (κ1) is 22.2. The molecule has 1 unspecified atom stereocenters. The molecule has 7 heteroatoms. The number of carbonyl (C=O) groups excluding carboxylic acids is 1. The second-order valence-corrected chi connectivity index (χ2v) is 8.31. The average molecular weight is 434 g/mol. The van der Waals surface area contributed by atoms with Crippen LogP contribution in [0.2, 0.25) is 0 Å². The van der Waals surface area contributed by atoms with Gasteiger partial charge in [-0.2, -0.15) is 4.98 Å². The van der Waals surface area contributed by atoms with Gasteiger partial charge in [0.1, 0.15) is 6.04 Å². The van der Waals surface area contributed by atoms with Crippen LogP contribution in [0.4, 0.5) is 0 Å². The number of benzene rings is 2. The van der Waals surface area contributed by atoms with Crippen molar-refractivity contribution in [3.63, 3.8) is 0 Å². The fraction of sp³-hybridized carbons (Fsp3) is 0.400. The molecule has 1 aliphatic rings. The summed E-state index contributed by atoms with van der Waals surface area (Å²) in [6.07, 6.45) is 0. The molecule has 1 fully saturated rings. The quantitative estimate of drug-likeness (QED) is 0.569. The lowest BCUT2D eigenvalue weighted by Gasteiger charge is -2.37. The van der Waals surface area contributed by atoms with Crippen LogP contribution in [0.25, 0.3) is 11.4 Å². The zero-order valence-electron chi connectivity index (χ0n) is 19.1. The number of hydrogen-bond donors (Lipinski definition) is 0. The lowest BCUT2D eigenvalue weighted by molar-refractivity contribution is -0.138. The smallest absolute Gasteiger partial charge is 0.244 e. The van der Waals surface area contributed by atoms with Gasteiger partial charge in [-0.25, -0.2) is 0 Å². The molecule has 0 radical (unpaired) electrons. The SMILES string of the molecule is CCN(C)C(C(=O)N1CCN(Cc2nc(-c3ccccc3C)no2)CC1)c1ccccc1. The van der Waals surface area contributed by atoms with Crippen molar-refractivity contribution < 1.29 is 9.32 Å². The molecule has 0 spiro atoms. The van der Waals surface area contributed by atoms with Crippen molar-refractivity contribution in [2.75, 3.05) is 39.8 Å². The summed E-state index contributed by atoms with van der Waals surface area (Å²) in [4.78, 5) is 24.3. The normalized spacial score (nSPS) is 15.8. The Labute approximate surface area is 189 Å². The number of aryl methyl sites for hydroxylation is 1. The van der Waals surface area contributed by atoms with Gasteiger partial charge in [-0.1, -0.05) is 66.7 Å². The molecule has 1 atom stereocenters. The highest BCUT2D eigenvalue weighted by Gasteiger charge is 2.31. The highest BCUT2D eigenvalue weighted by Crippen LogP contribution is 2.23. The minimum atomic E-state index is -0.250. The van der Waals surface area contributed by atoms with E-state index in [0.717, 1.165) is 36.3 Å². The van der Waals surface area contributed by atoms with Crippen LogP contribution in [-0.2, 0) is 11.3 Å². The van der Waals surface area contributed by atoms with E-state index in [1.165, 1.54) is 0 Å². The topological polar surface area (TPSA) is 65.7 Å². The van der Waals surface area contributed by atoms with Gasteiger partial charge in [0.05, 0.1) is 6.54 Å². The molecule has 0 N–H and O–H groups in total. The summed E-state index contributed by atoms with van der Waals surface area (Å²) >= 11 is 0. The zero-order valence-corrected chi connectivity index (χ0v) is 19.1. The molecule has 7 nitrogen and oxygen atoms in total. The molecule has 4 rings (SSSR count). The summed E-state index contributed by atoms with van der Waals surface area (Å²) in [5, 5.41) is 4.16. The van der Waals surface area contributed by atoms with Gasteiger partial charge in [-0.15, -0.1) is 0 Å². The fourth-order valence-corrected chi connectivity index (χ4v) is 4.15. The maximum atomic E-state index is 13.4. The van der Waals surface area contributed by atoms with Crippen LogP contribution >= 0.6 is 0 Å². The van der Waals surface area contributed by atoms with E-state index in [1.54, 1.807) is 0 Å². The van der Waals surface area contributed by atoms with Gasteiger partial charge >= 0.3 is 0 Å². The lowest BCUT2D eigenvalue weighted by atomic mass is 10.0. The summed E-state index contributed by atoms with van der Waals surface area (Å²) < 4.78 is 5.50. The van der Waals surface area contributed by atoms with Gasteiger partial charge in [-0.3, -0.25) is 14.6 Å². The molecule has 1 amide bonds. The average Bonchev–Trinajstić information content (AvgIpc) is 3.28. The maximum absolute atomic E-state index is 13.4. The molecule has 1 aromatic heterocycles. The first-order chi connectivity index (χ1) is 15.6. The Balaban J connectivity index is 1.37. The Morgan fingerprint density at radius 2 is 1.75 bits per heavy atom. The van der Waals surface area contributed by atoms with Gasteiger partial charge in [-0.05, 0) is 31.6 Å². The van der Waals surface area contributed by atoms with Crippen molar-refractivity contribution in [3.8, 4) is 11.4 Å². The lowest BCUT2D eigenvalue weighted by Crippen LogP contribution is -2.51. The van der Waals surface area contributed by atoms with E-state index in [4.69, 9.17) is 4.52 Å². The molecule has 168 valence electrons. The number of amides is 1. The number of piperazine rings is 1. The fourth-order valence-electron chi connectivity index (χ4n) is 4.15. The third-order valence-electron chi connectivity index (χ3n) is 6.19. The number of nitrogens with zero attached hydrogens (tertiary/aromatic N) is 5. The Bertz CT molecular complexity index is 1030. The van der Waals surface area contributed by atoms with Crippen LogP contribution in [0.15, 0.2) is 59.1 Å². The van der Waals surface area contributed by atoms with Gasteiger partial charge in [0.15, 0.2) is 0 Å². The highest BCUT2D eigenvalue weighted by atomic mass is 16.5.